The number of anilines is 1. The molecule has 4 aromatic rings. The Bertz CT molecular complexity index is 1520. The number of ether oxygens (including phenoxy) is 1. The predicted molar refractivity (Wildman–Crippen MR) is 128 cm³/mol. The molecule has 1 fully saturated rings. The number of para-hydroxylation sites is 2. The molecule has 11 heteroatoms. The van der Waals surface area contributed by atoms with Crippen LogP contribution in [0, 0.1) is 0 Å². The molecule has 0 aliphatic carbocycles. The second-order valence-corrected chi connectivity index (χ2v) is 11.4. The molecular weight excluding hydrogens is 476 g/mol. The quantitative estimate of drug-likeness (QED) is 0.438. The van der Waals surface area contributed by atoms with Crippen LogP contribution in [0.25, 0.3) is 16.7 Å². The molecule has 1 aliphatic heterocycles. The highest BCUT2D eigenvalue weighted by Crippen LogP contribution is 2.23. The third kappa shape index (κ3) is 4.30. The first-order valence-electron chi connectivity index (χ1n) is 10.6. The zero-order valence-corrected chi connectivity index (χ0v) is 19.7. The van der Waals surface area contributed by atoms with E-state index in [0.717, 1.165) is 16.7 Å². The molecule has 0 bridgehead atoms. The summed E-state index contributed by atoms with van der Waals surface area (Å²) in [4.78, 5) is 4.39. The standard InChI is InChI=1S/C23H22N4O5S2/c28-33(29,20-9-11-21(12-10-20)34(30,31)26-13-15-32-16-14-26)25-18-5-7-19(8-6-18)27-17-24-22-3-1-2-4-23(22)27/h1-12,17,25H,13-16H2. The summed E-state index contributed by atoms with van der Waals surface area (Å²) in [6.07, 6.45) is 1.72. The first-order chi connectivity index (χ1) is 16.3. The van der Waals surface area contributed by atoms with Gasteiger partial charge in [-0.25, -0.2) is 21.8 Å². The Labute approximate surface area is 197 Å². The Morgan fingerprint density at radius 2 is 1.44 bits per heavy atom. The smallest absolute Gasteiger partial charge is 0.261 e. The van der Waals surface area contributed by atoms with E-state index in [1.54, 1.807) is 30.6 Å². The van der Waals surface area contributed by atoms with Crippen molar-refractivity contribution < 1.29 is 21.6 Å². The summed E-state index contributed by atoms with van der Waals surface area (Å²) in [6.45, 7) is 1.22. The molecule has 0 unspecified atom stereocenters. The van der Waals surface area contributed by atoms with Gasteiger partial charge in [-0.3, -0.25) is 9.29 Å². The maximum Gasteiger partial charge on any atom is 0.261 e. The Morgan fingerprint density at radius 3 is 2.15 bits per heavy atom. The highest BCUT2D eigenvalue weighted by atomic mass is 32.2. The summed E-state index contributed by atoms with van der Waals surface area (Å²) in [7, 11) is -7.59. The topological polar surface area (TPSA) is 111 Å². The number of fused-ring (bicyclic) bond motifs is 1. The fourth-order valence-electron chi connectivity index (χ4n) is 3.80. The largest absolute Gasteiger partial charge is 0.379 e. The average Bonchev–Trinajstić information content (AvgIpc) is 3.29. The molecule has 1 aromatic heterocycles. The maximum atomic E-state index is 12.8. The van der Waals surface area contributed by atoms with Crippen molar-refractivity contribution >= 4 is 36.8 Å². The van der Waals surface area contributed by atoms with Gasteiger partial charge in [0.1, 0.15) is 6.33 Å². The lowest BCUT2D eigenvalue weighted by molar-refractivity contribution is 0.0730. The van der Waals surface area contributed by atoms with E-state index in [2.05, 4.69) is 9.71 Å². The van der Waals surface area contributed by atoms with E-state index < -0.39 is 20.0 Å². The van der Waals surface area contributed by atoms with Crippen molar-refractivity contribution in [3.63, 3.8) is 0 Å². The van der Waals surface area contributed by atoms with Gasteiger partial charge in [-0.05, 0) is 60.7 Å². The maximum absolute atomic E-state index is 12.8. The van der Waals surface area contributed by atoms with Gasteiger partial charge < -0.3 is 4.74 Å². The van der Waals surface area contributed by atoms with Crippen LogP contribution in [-0.2, 0) is 24.8 Å². The molecule has 1 aliphatic rings. The van der Waals surface area contributed by atoms with Gasteiger partial charge in [0.05, 0.1) is 34.0 Å². The third-order valence-corrected chi connectivity index (χ3v) is 8.90. The monoisotopic (exact) mass is 498 g/mol. The van der Waals surface area contributed by atoms with Crippen LogP contribution in [0.5, 0.6) is 0 Å². The number of hydrogen-bond donors (Lipinski definition) is 1. The second-order valence-electron chi connectivity index (χ2n) is 7.74. The minimum Gasteiger partial charge on any atom is -0.379 e. The van der Waals surface area contributed by atoms with Crippen LogP contribution >= 0.6 is 0 Å². The Balaban J connectivity index is 1.33. The minimum absolute atomic E-state index is 0.0295. The van der Waals surface area contributed by atoms with Gasteiger partial charge in [-0.1, -0.05) is 12.1 Å². The van der Waals surface area contributed by atoms with E-state index in [1.807, 2.05) is 28.8 Å². The van der Waals surface area contributed by atoms with Crippen LogP contribution in [0.4, 0.5) is 5.69 Å². The van der Waals surface area contributed by atoms with Crippen molar-refractivity contribution in [2.75, 3.05) is 31.0 Å². The molecule has 176 valence electrons. The van der Waals surface area contributed by atoms with Crippen molar-refractivity contribution in [3.05, 3.63) is 79.1 Å². The summed E-state index contributed by atoms with van der Waals surface area (Å²) in [6, 6.07) is 19.9. The molecule has 9 nitrogen and oxygen atoms in total. The van der Waals surface area contributed by atoms with Crippen molar-refractivity contribution in [2.24, 2.45) is 0 Å². The summed E-state index contributed by atoms with van der Waals surface area (Å²) >= 11 is 0. The van der Waals surface area contributed by atoms with E-state index >= 15 is 0 Å². The van der Waals surface area contributed by atoms with E-state index in [9.17, 15) is 16.8 Å². The second kappa shape index (κ2) is 8.84. The van der Waals surface area contributed by atoms with Gasteiger partial charge in [0.15, 0.2) is 0 Å². The summed E-state index contributed by atoms with van der Waals surface area (Å²) in [5.41, 5.74) is 3.04. The Hall–Kier alpha value is -3.25. The predicted octanol–water partition coefficient (Wildman–Crippen LogP) is 2.85. The number of sulfonamides is 2. The van der Waals surface area contributed by atoms with E-state index in [0.29, 0.717) is 18.9 Å². The van der Waals surface area contributed by atoms with E-state index in [-0.39, 0.29) is 22.9 Å². The molecule has 0 radical (unpaired) electrons. The van der Waals surface area contributed by atoms with E-state index in [1.165, 1.54) is 28.6 Å². The third-order valence-electron chi connectivity index (χ3n) is 5.59. The number of aromatic nitrogens is 2. The fraction of sp³-hybridized carbons (Fsp3) is 0.174. The normalized spacial score (nSPS) is 15.4. The zero-order chi connectivity index (χ0) is 23.8. The molecular formula is C23H22N4O5S2. The van der Waals surface area contributed by atoms with E-state index in [4.69, 9.17) is 4.74 Å². The number of nitrogens with one attached hydrogen (secondary N) is 1. The molecule has 1 N–H and O–H groups in total. The van der Waals surface area contributed by atoms with Crippen molar-refractivity contribution in [2.45, 2.75) is 9.79 Å². The Morgan fingerprint density at radius 1 is 0.794 bits per heavy atom. The van der Waals surface area contributed by atoms with Gasteiger partial charge in [-0.2, -0.15) is 4.31 Å². The van der Waals surface area contributed by atoms with Crippen molar-refractivity contribution in [3.8, 4) is 5.69 Å². The number of morpholine rings is 1. The van der Waals surface area contributed by atoms with Crippen LogP contribution in [-0.4, -0.2) is 57.0 Å². The lowest BCUT2D eigenvalue weighted by Gasteiger charge is -2.26. The summed E-state index contributed by atoms with van der Waals surface area (Å²) < 4.78 is 62.2. The van der Waals surface area contributed by atoms with Crippen molar-refractivity contribution in [1.29, 1.82) is 0 Å². The van der Waals surface area contributed by atoms with Gasteiger partial charge in [0.25, 0.3) is 10.0 Å². The first kappa shape index (κ1) is 22.5. The lowest BCUT2D eigenvalue weighted by atomic mass is 10.2. The number of rotatable bonds is 6. The van der Waals surface area contributed by atoms with Gasteiger partial charge in [0, 0.05) is 24.5 Å². The zero-order valence-electron chi connectivity index (χ0n) is 18.0. The molecule has 3 aromatic carbocycles. The summed E-state index contributed by atoms with van der Waals surface area (Å²) in [5.74, 6) is 0. The number of hydrogen-bond acceptors (Lipinski definition) is 6. The van der Waals surface area contributed by atoms with Crippen LogP contribution in [0.15, 0.2) is 88.9 Å². The van der Waals surface area contributed by atoms with Crippen LogP contribution in [0.1, 0.15) is 0 Å². The van der Waals surface area contributed by atoms with Crippen molar-refractivity contribution in [1.82, 2.24) is 13.9 Å². The van der Waals surface area contributed by atoms with Crippen LogP contribution in [0.3, 0.4) is 0 Å². The fourth-order valence-corrected chi connectivity index (χ4v) is 6.26. The highest BCUT2D eigenvalue weighted by molar-refractivity contribution is 7.92. The molecule has 0 spiro atoms. The lowest BCUT2D eigenvalue weighted by Crippen LogP contribution is -2.40. The Kier molecular flexibility index (Phi) is 5.86. The number of benzene rings is 3. The molecule has 1 saturated heterocycles. The van der Waals surface area contributed by atoms with Gasteiger partial charge in [-0.15, -0.1) is 0 Å². The molecule has 34 heavy (non-hydrogen) atoms. The van der Waals surface area contributed by atoms with Gasteiger partial charge in [0.2, 0.25) is 10.0 Å². The minimum atomic E-state index is -3.90. The molecule has 5 rings (SSSR count). The molecule has 0 amide bonds. The van der Waals surface area contributed by atoms with Crippen LogP contribution < -0.4 is 4.72 Å². The first-order valence-corrected chi connectivity index (χ1v) is 13.5. The highest BCUT2D eigenvalue weighted by Gasteiger charge is 2.26. The molecule has 0 saturated carbocycles. The average molecular weight is 499 g/mol. The van der Waals surface area contributed by atoms with Gasteiger partial charge >= 0.3 is 0 Å². The van der Waals surface area contributed by atoms with Crippen LogP contribution in [0.2, 0.25) is 0 Å². The number of imidazole rings is 1. The molecule has 2 heterocycles. The summed E-state index contributed by atoms with van der Waals surface area (Å²) in [5, 5.41) is 0. The molecule has 0 atom stereocenters. The number of nitrogens with zero attached hydrogens (tertiary/aromatic N) is 3. The SMILES string of the molecule is O=S(=O)(Nc1ccc(-n2cnc3ccccc32)cc1)c1ccc(S(=O)(=O)N2CCOCC2)cc1.